The SMILES string of the molecule is C.C.CC(C)(C)c1ccc2nonc2c1.CC(C)(C)c1cccn(CCO)c1=O. The minimum absolute atomic E-state index is 0. The average molecular weight is 404 g/mol. The van der Waals surface area contributed by atoms with Crippen LogP contribution in [-0.2, 0) is 17.4 Å². The molecule has 0 bridgehead atoms. The number of fused-ring (bicyclic) bond motifs is 1. The molecule has 0 aliphatic heterocycles. The third-order valence-electron chi connectivity index (χ3n) is 4.29. The number of rotatable bonds is 2. The first-order chi connectivity index (χ1) is 12.5. The molecule has 0 radical (unpaired) electrons. The molecule has 0 amide bonds. The van der Waals surface area contributed by atoms with Crippen LogP contribution in [0.15, 0.2) is 46.0 Å². The van der Waals surface area contributed by atoms with E-state index in [2.05, 4.69) is 41.8 Å². The summed E-state index contributed by atoms with van der Waals surface area (Å²) >= 11 is 0. The molecule has 3 rings (SSSR count). The van der Waals surface area contributed by atoms with Gasteiger partial charge in [-0.15, -0.1) is 0 Å². The summed E-state index contributed by atoms with van der Waals surface area (Å²) in [6.45, 7) is 12.9. The maximum atomic E-state index is 11.9. The van der Waals surface area contributed by atoms with E-state index in [1.807, 2.05) is 45.0 Å². The molecular weight excluding hydrogens is 366 g/mol. The Bertz CT molecular complexity index is 944. The Morgan fingerprint density at radius 1 is 0.966 bits per heavy atom. The molecule has 0 atom stereocenters. The molecule has 0 unspecified atom stereocenters. The lowest BCUT2D eigenvalue weighted by molar-refractivity contribution is 0.273. The van der Waals surface area contributed by atoms with Gasteiger partial charge in [-0.1, -0.05) is 68.5 Å². The maximum Gasteiger partial charge on any atom is 0.254 e. The van der Waals surface area contributed by atoms with Gasteiger partial charge in [0.2, 0.25) is 0 Å². The van der Waals surface area contributed by atoms with Crippen molar-refractivity contribution in [2.24, 2.45) is 0 Å². The Hall–Kier alpha value is -2.47. The first-order valence-electron chi connectivity index (χ1n) is 9.07. The molecule has 0 spiro atoms. The molecule has 2 aromatic heterocycles. The van der Waals surface area contributed by atoms with Crippen LogP contribution >= 0.6 is 0 Å². The Morgan fingerprint density at radius 3 is 2.14 bits per heavy atom. The first-order valence-corrected chi connectivity index (χ1v) is 9.07. The van der Waals surface area contributed by atoms with E-state index in [-0.39, 0.29) is 37.8 Å². The molecule has 0 aliphatic rings. The zero-order chi connectivity index (χ0) is 20.2. The van der Waals surface area contributed by atoms with Gasteiger partial charge in [-0.25, -0.2) is 4.63 Å². The molecule has 6 heteroatoms. The van der Waals surface area contributed by atoms with Crippen molar-refractivity contribution in [2.75, 3.05) is 6.61 Å². The molecule has 0 fully saturated rings. The van der Waals surface area contributed by atoms with Gasteiger partial charge in [0.25, 0.3) is 5.56 Å². The molecule has 6 nitrogen and oxygen atoms in total. The van der Waals surface area contributed by atoms with Crippen LogP contribution < -0.4 is 5.56 Å². The predicted octanol–water partition coefficient (Wildman–Crippen LogP) is 4.93. The zero-order valence-electron chi connectivity index (χ0n) is 17.0. The van der Waals surface area contributed by atoms with Crippen molar-refractivity contribution in [1.29, 1.82) is 0 Å². The highest BCUT2D eigenvalue weighted by molar-refractivity contribution is 5.74. The van der Waals surface area contributed by atoms with Crippen LogP contribution in [0.4, 0.5) is 0 Å². The van der Waals surface area contributed by atoms with Crippen LogP contribution in [0, 0.1) is 0 Å². The van der Waals surface area contributed by atoms with E-state index >= 15 is 0 Å². The lowest BCUT2D eigenvalue weighted by Crippen LogP contribution is -2.30. The molecule has 29 heavy (non-hydrogen) atoms. The first kappa shape index (κ1) is 26.5. The fraction of sp³-hybridized carbons (Fsp3) is 0.522. The fourth-order valence-electron chi connectivity index (χ4n) is 2.64. The monoisotopic (exact) mass is 403 g/mol. The Labute approximate surface area is 174 Å². The van der Waals surface area contributed by atoms with E-state index in [0.717, 1.165) is 16.6 Å². The lowest BCUT2D eigenvalue weighted by atomic mass is 9.87. The topological polar surface area (TPSA) is 81.2 Å². The number of aliphatic hydroxyl groups is 1. The number of pyridine rings is 1. The highest BCUT2D eigenvalue weighted by Gasteiger charge is 2.18. The number of aliphatic hydroxyl groups excluding tert-OH is 1. The van der Waals surface area contributed by atoms with Gasteiger partial charge in [-0.2, -0.15) is 0 Å². The Morgan fingerprint density at radius 2 is 1.59 bits per heavy atom. The minimum Gasteiger partial charge on any atom is -0.395 e. The summed E-state index contributed by atoms with van der Waals surface area (Å²) in [4.78, 5) is 11.9. The van der Waals surface area contributed by atoms with Crippen molar-refractivity contribution in [3.8, 4) is 0 Å². The smallest absolute Gasteiger partial charge is 0.254 e. The summed E-state index contributed by atoms with van der Waals surface area (Å²) in [7, 11) is 0. The minimum atomic E-state index is -0.143. The standard InChI is InChI=1S/C11H17NO2.C10H12N2O.2CH4/c1-11(2,3)9-5-4-6-12(7-8-13)10(9)14;1-10(2,3)7-4-5-8-9(6-7)12-13-11-8;;/h4-6,13H,7-8H2,1-3H3;4-6H,1-3H3;2*1H4. The molecule has 162 valence electrons. The van der Waals surface area contributed by atoms with Gasteiger partial charge in [0, 0.05) is 18.3 Å². The Balaban J connectivity index is 0.000000506. The highest BCUT2D eigenvalue weighted by atomic mass is 16.6. The normalized spacial score (nSPS) is 11.1. The van der Waals surface area contributed by atoms with E-state index in [1.54, 1.807) is 10.8 Å². The van der Waals surface area contributed by atoms with Crippen LogP contribution in [0.5, 0.6) is 0 Å². The van der Waals surface area contributed by atoms with Crippen LogP contribution in [0.2, 0.25) is 0 Å². The van der Waals surface area contributed by atoms with Crippen molar-refractivity contribution in [3.05, 3.63) is 58.0 Å². The van der Waals surface area contributed by atoms with Crippen molar-refractivity contribution in [3.63, 3.8) is 0 Å². The van der Waals surface area contributed by atoms with Crippen molar-refractivity contribution < 1.29 is 9.74 Å². The van der Waals surface area contributed by atoms with E-state index < -0.39 is 0 Å². The molecule has 0 aliphatic carbocycles. The van der Waals surface area contributed by atoms with Crippen molar-refractivity contribution in [1.82, 2.24) is 14.9 Å². The van der Waals surface area contributed by atoms with E-state index in [9.17, 15) is 4.79 Å². The molecule has 0 saturated carbocycles. The van der Waals surface area contributed by atoms with E-state index in [1.165, 1.54) is 5.56 Å². The highest BCUT2D eigenvalue weighted by Crippen LogP contribution is 2.24. The number of benzene rings is 1. The summed E-state index contributed by atoms with van der Waals surface area (Å²) in [5, 5.41) is 16.3. The van der Waals surface area contributed by atoms with Gasteiger partial charge in [0.15, 0.2) is 0 Å². The number of aromatic nitrogens is 3. The maximum absolute atomic E-state index is 11.9. The third-order valence-corrected chi connectivity index (χ3v) is 4.29. The summed E-state index contributed by atoms with van der Waals surface area (Å²) in [6.07, 6.45) is 1.70. The third kappa shape index (κ3) is 6.82. The molecule has 1 aromatic carbocycles. The zero-order valence-corrected chi connectivity index (χ0v) is 17.0. The van der Waals surface area contributed by atoms with Crippen molar-refractivity contribution in [2.45, 2.75) is 73.8 Å². The largest absolute Gasteiger partial charge is 0.395 e. The quantitative estimate of drug-likeness (QED) is 0.656. The summed E-state index contributed by atoms with van der Waals surface area (Å²) in [5.41, 5.74) is 3.67. The van der Waals surface area contributed by atoms with Crippen LogP contribution in [0.25, 0.3) is 11.0 Å². The lowest BCUT2D eigenvalue weighted by Gasteiger charge is -2.18. The van der Waals surface area contributed by atoms with Crippen LogP contribution in [0.1, 0.15) is 67.5 Å². The fourth-order valence-corrected chi connectivity index (χ4v) is 2.64. The molecule has 1 N–H and O–H groups in total. The average Bonchev–Trinajstić information content (AvgIpc) is 3.03. The number of hydrogen-bond donors (Lipinski definition) is 1. The number of hydrogen-bond acceptors (Lipinski definition) is 5. The van der Waals surface area contributed by atoms with E-state index in [0.29, 0.717) is 6.54 Å². The summed E-state index contributed by atoms with van der Waals surface area (Å²) in [5.74, 6) is 0. The predicted molar refractivity (Wildman–Crippen MR) is 120 cm³/mol. The van der Waals surface area contributed by atoms with Gasteiger partial charge < -0.3 is 9.67 Å². The van der Waals surface area contributed by atoms with Gasteiger partial charge in [0.1, 0.15) is 11.0 Å². The van der Waals surface area contributed by atoms with E-state index in [4.69, 9.17) is 5.11 Å². The van der Waals surface area contributed by atoms with Gasteiger partial charge in [0.05, 0.1) is 6.61 Å². The second-order valence-corrected chi connectivity index (χ2v) is 8.61. The molecule has 0 saturated heterocycles. The Kier molecular flexibility index (Phi) is 9.47. The van der Waals surface area contributed by atoms with Crippen LogP contribution in [0.3, 0.4) is 0 Å². The second-order valence-electron chi connectivity index (χ2n) is 8.61. The number of nitrogens with zero attached hydrogens (tertiary/aromatic N) is 3. The summed E-state index contributed by atoms with van der Waals surface area (Å²) < 4.78 is 6.17. The van der Waals surface area contributed by atoms with Crippen LogP contribution in [-0.4, -0.2) is 26.6 Å². The van der Waals surface area contributed by atoms with Gasteiger partial charge in [-0.3, -0.25) is 4.79 Å². The van der Waals surface area contributed by atoms with Crippen molar-refractivity contribution >= 4 is 11.0 Å². The second kappa shape index (κ2) is 10.3. The summed E-state index contributed by atoms with van der Waals surface area (Å²) in [6, 6.07) is 9.71. The molecule has 3 aromatic rings. The molecule has 2 heterocycles. The van der Waals surface area contributed by atoms with Gasteiger partial charge in [-0.05, 0) is 44.9 Å². The molecular formula is C23H37N3O3. The van der Waals surface area contributed by atoms with Gasteiger partial charge >= 0.3 is 0 Å².